The Balaban J connectivity index is 4.20. The van der Waals surface area contributed by atoms with Crippen molar-refractivity contribution in [3.05, 3.63) is 0 Å². The highest BCUT2D eigenvalue weighted by atomic mass is 16.2. The Labute approximate surface area is 113 Å². The molecule has 0 saturated carbocycles. The zero-order valence-electron chi connectivity index (χ0n) is 13.1. The Morgan fingerprint density at radius 3 is 1.72 bits per heavy atom. The summed E-state index contributed by atoms with van der Waals surface area (Å²) >= 11 is 0. The van der Waals surface area contributed by atoms with Gasteiger partial charge in [-0.1, -0.05) is 41.5 Å². The summed E-state index contributed by atoms with van der Waals surface area (Å²) in [5.41, 5.74) is 0. The van der Waals surface area contributed by atoms with Crippen molar-refractivity contribution in [1.82, 2.24) is 10.2 Å². The summed E-state index contributed by atoms with van der Waals surface area (Å²) in [5.74, 6) is 1.54. The van der Waals surface area contributed by atoms with Crippen LogP contribution in [0.2, 0.25) is 0 Å². The van der Waals surface area contributed by atoms with Crippen LogP contribution in [0, 0.1) is 11.8 Å². The molecule has 0 spiro atoms. The topological polar surface area (TPSA) is 32.3 Å². The van der Waals surface area contributed by atoms with Gasteiger partial charge in [-0.25, -0.2) is 0 Å². The second kappa shape index (κ2) is 9.37. The molecular weight excluding hydrogens is 224 g/mol. The summed E-state index contributed by atoms with van der Waals surface area (Å²) in [5, 5.41) is 3.21. The second-order valence-corrected chi connectivity index (χ2v) is 6.28. The highest BCUT2D eigenvalue weighted by molar-refractivity contribution is 5.78. The van der Waals surface area contributed by atoms with E-state index < -0.39 is 0 Å². The van der Waals surface area contributed by atoms with Crippen molar-refractivity contribution in [2.75, 3.05) is 19.6 Å². The Morgan fingerprint density at radius 1 is 0.944 bits per heavy atom. The molecule has 3 heteroatoms. The van der Waals surface area contributed by atoms with Crippen LogP contribution in [-0.4, -0.2) is 36.5 Å². The van der Waals surface area contributed by atoms with Gasteiger partial charge in [0.2, 0.25) is 5.91 Å². The predicted octanol–water partition coefficient (Wildman–Crippen LogP) is 2.91. The van der Waals surface area contributed by atoms with Gasteiger partial charge in [0.05, 0.1) is 6.54 Å². The lowest BCUT2D eigenvalue weighted by Crippen LogP contribution is -2.41. The molecule has 3 nitrogen and oxygen atoms in total. The molecule has 0 bridgehead atoms. The molecule has 0 radical (unpaired) electrons. The molecule has 0 aliphatic carbocycles. The van der Waals surface area contributed by atoms with E-state index in [1.807, 2.05) is 4.90 Å². The molecule has 0 aromatic rings. The fourth-order valence-corrected chi connectivity index (χ4v) is 1.59. The van der Waals surface area contributed by atoms with Crippen LogP contribution in [-0.2, 0) is 4.79 Å². The molecule has 0 heterocycles. The lowest BCUT2D eigenvalue weighted by Gasteiger charge is -2.25. The third-order valence-corrected chi connectivity index (χ3v) is 2.97. The zero-order chi connectivity index (χ0) is 14.1. The first kappa shape index (κ1) is 17.4. The Hall–Kier alpha value is -0.570. The summed E-state index contributed by atoms with van der Waals surface area (Å²) in [7, 11) is 0. The van der Waals surface area contributed by atoms with Crippen molar-refractivity contribution in [1.29, 1.82) is 0 Å². The van der Waals surface area contributed by atoms with Gasteiger partial charge in [-0.15, -0.1) is 0 Å². The molecule has 0 aliphatic rings. The van der Waals surface area contributed by atoms with Gasteiger partial charge in [0, 0.05) is 19.1 Å². The third-order valence-electron chi connectivity index (χ3n) is 2.97. The number of nitrogens with zero attached hydrogens (tertiary/aromatic N) is 1. The maximum atomic E-state index is 12.1. The standard InChI is InChI=1S/C15H32N2O/c1-12(2)7-9-17(10-8-13(3)4)15(18)11-16-14(5)6/h12-14,16H,7-11H2,1-6H3. The number of carbonyl (C=O) groups is 1. The van der Waals surface area contributed by atoms with Gasteiger partial charge < -0.3 is 10.2 Å². The van der Waals surface area contributed by atoms with Crippen molar-refractivity contribution in [3.63, 3.8) is 0 Å². The van der Waals surface area contributed by atoms with Gasteiger partial charge in [0.15, 0.2) is 0 Å². The number of rotatable bonds is 9. The van der Waals surface area contributed by atoms with Crippen LogP contribution in [0.5, 0.6) is 0 Å². The molecule has 0 aromatic heterocycles. The molecule has 1 N–H and O–H groups in total. The van der Waals surface area contributed by atoms with Crippen LogP contribution in [0.3, 0.4) is 0 Å². The van der Waals surface area contributed by atoms with Crippen molar-refractivity contribution in [3.8, 4) is 0 Å². The SMILES string of the molecule is CC(C)CCN(CCC(C)C)C(=O)CNC(C)C. The first-order valence-electron chi connectivity index (χ1n) is 7.34. The third kappa shape index (κ3) is 9.46. The van der Waals surface area contributed by atoms with Crippen LogP contribution < -0.4 is 5.32 Å². The smallest absolute Gasteiger partial charge is 0.236 e. The van der Waals surface area contributed by atoms with Gasteiger partial charge >= 0.3 is 0 Å². The average Bonchev–Trinajstić information content (AvgIpc) is 2.25. The molecule has 1 amide bonds. The van der Waals surface area contributed by atoms with Gasteiger partial charge in [-0.05, 0) is 24.7 Å². The molecule has 0 atom stereocenters. The van der Waals surface area contributed by atoms with Crippen LogP contribution in [0.4, 0.5) is 0 Å². The second-order valence-electron chi connectivity index (χ2n) is 6.28. The quantitative estimate of drug-likeness (QED) is 0.688. The van der Waals surface area contributed by atoms with E-state index >= 15 is 0 Å². The van der Waals surface area contributed by atoms with Gasteiger partial charge in [-0.2, -0.15) is 0 Å². The number of amides is 1. The fraction of sp³-hybridized carbons (Fsp3) is 0.933. The molecule has 108 valence electrons. The highest BCUT2D eigenvalue weighted by Crippen LogP contribution is 2.06. The summed E-state index contributed by atoms with van der Waals surface area (Å²) < 4.78 is 0. The largest absolute Gasteiger partial charge is 0.342 e. The molecular formula is C15H32N2O. The normalized spacial score (nSPS) is 11.6. The van der Waals surface area contributed by atoms with Crippen molar-refractivity contribution >= 4 is 5.91 Å². The van der Waals surface area contributed by atoms with Gasteiger partial charge in [0.1, 0.15) is 0 Å². The molecule has 0 rings (SSSR count). The minimum Gasteiger partial charge on any atom is -0.342 e. The summed E-state index contributed by atoms with van der Waals surface area (Å²) in [6, 6.07) is 0.367. The van der Waals surface area contributed by atoms with E-state index in [4.69, 9.17) is 0 Å². The molecule has 0 aromatic carbocycles. The van der Waals surface area contributed by atoms with Crippen LogP contribution in [0.15, 0.2) is 0 Å². The lowest BCUT2D eigenvalue weighted by atomic mass is 10.1. The summed E-state index contributed by atoms with van der Waals surface area (Å²) in [6.45, 7) is 15.2. The minimum absolute atomic E-state index is 0.241. The van der Waals surface area contributed by atoms with Crippen LogP contribution in [0.25, 0.3) is 0 Å². The molecule has 18 heavy (non-hydrogen) atoms. The van der Waals surface area contributed by atoms with E-state index in [1.165, 1.54) is 0 Å². The summed E-state index contributed by atoms with van der Waals surface area (Å²) in [4.78, 5) is 14.2. The first-order valence-corrected chi connectivity index (χ1v) is 7.34. The van der Waals surface area contributed by atoms with Gasteiger partial charge in [0.25, 0.3) is 0 Å². The minimum atomic E-state index is 0.241. The molecule has 0 fully saturated rings. The van der Waals surface area contributed by atoms with E-state index in [0.29, 0.717) is 24.4 Å². The van der Waals surface area contributed by atoms with Crippen LogP contribution >= 0.6 is 0 Å². The molecule has 0 saturated heterocycles. The molecule has 0 aliphatic heterocycles. The Bertz CT molecular complexity index is 213. The van der Waals surface area contributed by atoms with Crippen molar-refractivity contribution in [2.24, 2.45) is 11.8 Å². The zero-order valence-corrected chi connectivity index (χ0v) is 13.1. The van der Waals surface area contributed by atoms with Gasteiger partial charge in [-0.3, -0.25) is 4.79 Å². The summed E-state index contributed by atoms with van der Waals surface area (Å²) in [6.07, 6.45) is 2.18. The fourth-order valence-electron chi connectivity index (χ4n) is 1.59. The van der Waals surface area contributed by atoms with E-state index in [1.54, 1.807) is 0 Å². The number of hydrogen-bond donors (Lipinski definition) is 1. The lowest BCUT2D eigenvalue weighted by molar-refractivity contribution is -0.130. The highest BCUT2D eigenvalue weighted by Gasteiger charge is 2.14. The number of carbonyl (C=O) groups excluding carboxylic acids is 1. The van der Waals surface area contributed by atoms with Crippen molar-refractivity contribution in [2.45, 2.75) is 60.4 Å². The van der Waals surface area contributed by atoms with E-state index in [-0.39, 0.29) is 5.91 Å². The Morgan fingerprint density at radius 2 is 1.39 bits per heavy atom. The maximum Gasteiger partial charge on any atom is 0.236 e. The van der Waals surface area contributed by atoms with E-state index in [0.717, 1.165) is 25.9 Å². The maximum absolute atomic E-state index is 12.1. The number of nitrogens with one attached hydrogen (secondary N) is 1. The van der Waals surface area contributed by atoms with Crippen LogP contribution in [0.1, 0.15) is 54.4 Å². The van der Waals surface area contributed by atoms with Crippen molar-refractivity contribution < 1.29 is 4.79 Å². The number of hydrogen-bond acceptors (Lipinski definition) is 2. The van der Waals surface area contributed by atoms with E-state index in [2.05, 4.69) is 46.9 Å². The monoisotopic (exact) mass is 256 g/mol. The molecule has 0 unspecified atom stereocenters. The predicted molar refractivity (Wildman–Crippen MR) is 78.6 cm³/mol. The first-order chi connectivity index (χ1) is 8.32. The Kier molecular flexibility index (Phi) is 9.08. The van der Waals surface area contributed by atoms with E-state index in [9.17, 15) is 4.79 Å². The average molecular weight is 256 g/mol.